The molecule has 0 unspecified atom stereocenters. The van der Waals surface area contributed by atoms with Gasteiger partial charge in [0, 0.05) is 4.47 Å². The Hall–Kier alpha value is -0.830. The highest BCUT2D eigenvalue weighted by Gasteiger charge is 2.01. The van der Waals surface area contributed by atoms with Gasteiger partial charge >= 0.3 is 0 Å². The van der Waals surface area contributed by atoms with Gasteiger partial charge in [-0.15, -0.1) is 0 Å². The standard InChI is InChI=1S/C9H8BrFO/c1-2-5-12-9-4-3-7(10)6-8(9)11/h2-4,6H,1,5H2. The maximum atomic E-state index is 13.0. The molecule has 0 N–H and O–H groups in total. The predicted molar refractivity (Wildman–Crippen MR) is 49.8 cm³/mol. The summed E-state index contributed by atoms with van der Waals surface area (Å²) in [5.41, 5.74) is 0. The van der Waals surface area contributed by atoms with Crippen LogP contribution in [0.2, 0.25) is 0 Å². The molecule has 0 aromatic heterocycles. The monoisotopic (exact) mass is 230 g/mol. The predicted octanol–water partition coefficient (Wildman–Crippen LogP) is 3.15. The third-order valence-electron chi connectivity index (χ3n) is 1.25. The van der Waals surface area contributed by atoms with E-state index in [2.05, 4.69) is 22.5 Å². The van der Waals surface area contributed by atoms with Crippen molar-refractivity contribution in [2.45, 2.75) is 0 Å². The first-order chi connectivity index (χ1) is 5.74. The quantitative estimate of drug-likeness (QED) is 0.726. The fourth-order valence-corrected chi connectivity index (χ4v) is 1.07. The van der Waals surface area contributed by atoms with Crippen molar-refractivity contribution >= 4 is 15.9 Å². The highest BCUT2D eigenvalue weighted by molar-refractivity contribution is 9.10. The van der Waals surface area contributed by atoms with Crippen molar-refractivity contribution in [2.24, 2.45) is 0 Å². The minimum atomic E-state index is -0.369. The molecule has 0 saturated heterocycles. The van der Waals surface area contributed by atoms with Crippen LogP contribution in [0.25, 0.3) is 0 Å². The zero-order chi connectivity index (χ0) is 8.97. The first-order valence-corrected chi connectivity index (χ1v) is 4.22. The molecule has 0 aliphatic carbocycles. The summed E-state index contributed by atoms with van der Waals surface area (Å²) in [5.74, 6) is -0.121. The van der Waals surface area contributed by atoms with Crippen LogP contribution in [-0.4, -0.2) is 6.61 Å². The van der Waals surface area contributed by atoms with Crippen molar-refractivity contribution in [3.8, 4) is 5.75 Å². The number of halogens is 2. The van der Waals surface area contributed by atoms with Gasteiger partial charge in [0.05, 0.1) is 0 Å². The molecule has 1 aromatic rings. The minimum absolute atomic E-state index is 0.248. The molecule has 0 aliphatic rings. The Balaban J connectivity index is 2.78. The highest BCUT2D eigenvalue weighted by Crippen LogP contribution is 2.21. The van der Waals surface area contributed by atoms with Gasteiger partial charge in [0.2, 0.25) is 0 Å². The van der Waals surface area contributed by atoms with E-state index in [0.29, 0.717) is 11.1 Å². The van der Waals surface area contributed by atoms with Crippen molar-refractivity contribution in [1.29, 1.82) is 0 Å². The van der Waals surface area contributed by atoms with Gasteiger partial charge < -0.3 is 4.74 Å². The van der Waals surface area contributed by atoms with Gasteiger partial charge in [-0.1, -0.05) is 28.6 Å². The van der Waals surface area contributed by atoms with Crippen LogP contribution in [0.15, 0.2) is 35.3 Å². The van der Waals surface area contributed by atoms with Crippen molar-refractivity contribution in [3.05, 3.63) is 41.1 Å². The summed E-state index contributed by atoms with van der Waals surface area (Å²) in [5, 5.41) is 0. The van der Waals surface area contributed by atoms with E-state index in [4.69, 9.17) is 4.74 Å². The topological polar surface area (TPSA) is 9.23 Å². The molecule has 1 aromatic carbocycles. The van der Waals surface area contributed by atoms with E-state index in [1.54, 1.807) is 18.2 Å². The van der Waals surface area contributed by atoms with Crippen molar-refractivity contribution in [1.82, 2.24) is 0 Å². The average molecular weight is 231 g/mol. The van der Waals surface area contributed by atoms with E-state index in [0.717, 1.165) is 0 Å². The molecule has 3 heteroatoms. The van der Waals surface area contributed by atoms with E-state index < -0.39 is 0 Å². The van der Waals surface area contributed by atoms with Gasteiger partial charge in [-0.2, -0.15) is 0 Å². The summed E-state index contributed by atoms with van der Waals surface area (Å²) in [6.07, 6.45) is 1.57. The van der Waals surface area contributed by atoms with Gasteiger partial charge in [0.25, 0.3) is 0 Å². The van der Waals surface area contributed by atoms with Gasteiger partial charge in [-0.25, -0.2) is 4.39 Å². The smallest absolute Gasteiger partial charge is 0.166 e. The lowest BCUT2D eigenvalue weighted by Crippen LogP contribution is -1.94. The Labute approximate surface area is 79.0 Å². The second-order valence-corrected chi connectivity index (χ2v) is 3.09. The molecule has 0 aliphatic heterocycles. The third-order valence-corrected chi connectivity index (χ3v) is 1.74. The fourth-order valence-electron chi connectivity index (χ4n) is 0.741. The molecule has 0 radical (unpaired) electrons. The normalized spacial score (nSPS) is 9.50. The number of benzene rings is 1. The Morgan fingerprint density at radius 1 is 1.58 bits per heavy atom. The lowest BCUT2D eigenvalue weighted by molar-refractivity contribution is 0.342. The molecule has 0 saturated carbocycles. The van der Waals surface area contributed by atoms with E-state index in [1.807, 2.05) is 0 Å². The van der Waals surface area contributed by atoms with Crippen LogP contribution >= 0.6 is 15.9 Å². The number of hydrogen-bond acceptors (Lipinski definition) is 1. The summed E-state index contributed by atoms with van der Waals surface area (Å²) in [4.78, 5) is 0. The number of hydrogen-bond donors (Lipinski definition) is 0. The molecule has 12 heavy (non-hydrogen) atoms. The molecular formula is C9H8BrFO. The lowest BCUT2D eigenvalue weighted by Gasteiger charge is -2.03. The van der Waals surface area contributed by atoms with Crippen molar-refractivity contribution in [2.75, 3.05) is 6.61 Å². The second kappa shape index (κ2) is 4.26. The molecule has 1 nitrogen and oxygen atoms in total. The van der Waals surface area contributed by atoms with Crippen molar-refractivity contribution < 1.29 is 9.13 Å². The SMILES string of the molecule is C=CCOc1ccc(Br)cc1F. The fraction of sp³-hybridized carbons (Fsp3) is 0.111. The molecule has 0 atom stereocenters. The third kappa shape index (κ3) is 2.34. The minimum Gasteiger partial charge on any atom is -0.486 e. The molecule has 0 fully saturated rings. The molecule has 1 rings (SSSR count). The van der Waals surface area contributed by atoms with Crippen LogP contribution in [0.1, 0.15) is 0 Å². The van der Waals surface area contributed by atoms with Gasteiger partial charge in [-0.05, 0) is 18.2 Å². The first-order valence-electron chi connectivity index (χ1n) is 3.43. The molecular weight excluding hydrogens is 223 g/mol. The highest BCUT2D eigenvalue weighted by atomic mass is 79.9. The van der Waals surface area contributed by atoms with E-state index in [-0.39, 0.29) is 11.6 Å². The zero-order valence-corrected chi connectivity index (χ0v) is 7.97. The van der Waals surface area contributed by atoms with Crippen LogP contribution in [0.4, 0.5) is 4.39 Å². The summed E-state index contributed by atoms with van der Waals surface area (Å²) >= 11 is 3.15. The van der Waals surface area contributed by atoms with Crippen LogP contribution in [0.3, 0.4) is 0 Å². The second-order valence-electron chi connectivity index (χ2n) is 2.17. The summed E-state index contributed by atoms with van der Waals surface area (Å²) in [7, 11) is 0. The Kier molecular flexibility index (Phi) is 3.29. The Bertz CT molecular complexity index is 286. The van der Waals surface area contributed by atoms with Crippen LogP contribution in [-0.2, 0) is 0 Å². The maximum absolute atomic E-state index is 13.0. The van der Waals surface area contributed by atoms with Gasteiger partial charge in [-0.3, -0.25) is 0 Å². The number of rotatable bonds is 3. The van der Waals surface area contributed by atoms with Gasteiger partial charge in [0.15, 0.2) is 11.6 Å². The number of ether oxygens (including phenoxy) is 1. The van der Waals surface area contributed by atoms with E-state index in [1.165, 1.54) is 6.07 Å². The first kappa shape index (κ1) is 9.26. The van der Waals surface area contributed by atoms with Gasteiger partial charge in [0.1, 0.15) is 6.61 Å². The molecule has 0 amide bonds. The average Bonchev–Trinajstić information content (AvgIpc) is 2.03. The van der Waals surface area contributed by atoms with Crippen LogP contribution in [0, 0.1) is 5.82 Å². The van der Waals surface area contributed by atoms with Crippen molar-refractivity contribution in [3.63, 3.8) is 0 Å². The van der Waals surface area contributed by atoms with E-state index >= 15 is 0 Å². The Morgan fingerprint density at radius 3 is 2.92 bits per heavy atom. The summed E-state index contributed by atoms with van der Waals surface area (Å²) in [6, 6.07) is 4.66. The largest absolute Gasteiger partial charge is 0.486 e. The Morgan fingerprint density at radius 2 is 2.33 bits per heavy atom. The lowest BCUT2D eigenvalue weighted by atomic mass is 10.3. The summed E-state index contributed by atoms with van der Waals surface area (Å²) in [6.45, 7) is 3.78. The van der Waals surface area contributed by atoms with E-state index in [9.17, 15) is 4.39 Å². The molecule has 64 valence electrons. The zero-order valence-electron chi connectivity index (χ0n) is 6.39. The van der Waals surface area contributed by atoms with Crippen LogP contribution < -0.4 is 4.74 Å². The molecule has 0 heterocycles. The molecule has 0 bridgehead atoms. The van der Waals surface area contributed by atoms with Crippen LogP contribution in [0.5, 0.6) is 5.75 Å². The summed E-state index contributed by atoms with van der Waals surface area (Å²) < 4.78 is 18.7. The maximum Gasteiger partial charge on any atom is 0.166 e. The molecule has 0 spiro atoms.